The molecule has 1 aromatic carbocycles. The van der Waals surface area contributed by atoms with E-state index in [1.807, 2.05) is 6.92 Å². The van der Waals surface area contributed by atoms with E-state index in [9.17, 15) is 9.90 Å². The molecular formula is C13H17ClO3. The third kappa shape index (κ3) is 2.39. The van der Waals surface area contributed by atoms with Gasteiger partial charge in [-0.25, -0.2) is 4.79 Å². The number of methoxy groups -OCH3 is 1. The molecule has 0 spiro atoms. The Kier molecular flexibility index (Phi) is 4.40. The second kappa shape index (κ2) is 5.41. The maximum Gasteiger partial charge on any atom is 0.341 e. The van der Waals surface area contributed by atoms with Crippen molar-refractivity contribution in [3.05, 3.63) is 27.8 Å². The molecule has 3 nitrogen and oxygen atoms in total. The molecule has 0 aliphatic rings. The van der Waals surface area contributed by atoms with Crippen molar-refractivity contribution in [2.24, 2.45) is 0 Å². The van der Waals surface area contributed by atoms with Gasteiger partial charge >= 0.3 is 5.97 Å². The van der Waals surface area contributed by atoms with Crippen LogP contribution in [0.25, 0.3) is 0 Å². The van der Waals surface area contributed by atoms with Gasteiger partial charge in [0, 0.05) is 5.88 Å². The van der Waals surface area contributed by atoms with Gasteiger partial charge in [0.2, 0.25) is 0 Å². The Labute approximate surface area is 106 Å². The fourth-order valence-corrected chi connectivity index (χ4v) is 2.21. The molecule has 94 valence electrons. The molecule has 1 N–H and O–H groups in total. The van der Waals surface area contributed by atoms with Gasteiger partial charge in [0.05, 0.1) is 7.11 Å². The van der Waals surface area contributed by atoms with Gasteiger partial charge < -0.3 is 9.84 Å². The van der Waals surface area contributed by atoms with Gasteiger partial charge in [0.15, 0.2) is 0 Å². The minimum atomic E-state index is -0.515. The number of halogens is 1. The van der Waals surface area contributed by atoms with E-state index in [4.69, 9.17) is 16.3 Å². The molecular weight excluding hydrogens is 240 g/mol. The Balaban J connectivity index is 3.55. The Morgan fingerprint density at radius 3 is 2.29 bits per heavy atom. The lowest BCUT2D eigenvalue weighted by Crippen LogP contribution is -2.10. The summed E-state index contributed by atoms with van der Waals surface area (Å²) >= 11 is 5.76. The second-order valence-corrected chi connectivity index (χ2v) is 4.39. The minimum Gasteiger partial charge on any atom is -0.507 e. The summed E-state index contributed by atoms with van der Waals surface area (Å²) in [6.07, 6.45) is 0.671. The van der Waals surface area contributed by atoms with Crippen molar-refractivity contribution in [1.82, 2.24) is 0 Å². The standard InChI is InChI=1S/C13H17ClO3/c1-7-8(2)12(15)11(13(16)17-4)9(3)10(7)5-6-14/h15H,5-6H2,1-4H3. The molecule has 0 unspecified atom stereocenters. The number of benzene rings is 1. The van der Waals surface area contributed by atoms with Crippen LogP contribution in [0.4, 0.5) is 0 Å². The number of phenolic OH excluding ortho intramolecular Hbond substituents is 1. The molecule has 4 heteroatoms. The molecule has 0 fully saturated rings. The normalized spacial score (nSPS) is 10.4. The average Bonchev–Trinajstić information content (AvgIpc) is 2.32. The number of hydrogen-bond donors (Lipinski definition) is 1. The fraction of sp³-hybridized carbons (Fsp3) is 0.462. The van der Waals surface area contributed by atoms with Crippen LogP contribution in [-0.2, 0) is 11.2 Å². The van der Waals surface area contributed by atoms with E-state index in [1.54, 1.807) is 13.8 Å². The molecule has 17 heavy (non-hydrogen) atoms. The number of rotatable bonds is 3. The van der Waals surface area contributed by atoms with Crippen molar-refractivity contribution in [3.63, 3.8) is 0 Å². The van der Waals surface area contributed by atoms with Gasteiger partial charge in [0.25, 0.3) is 0 Å². The molecule has 1 rings (SSSR count). The summed E-state index contributed by atoms with van der Waals surface area (Å²) < 4.78 is 4.69. The number of alkyl halides is 1. The highest BCUT2D eigenvalue weighted by Crippen LogP contribution is 2.33. The molecule has 0 saturated carbocycles. The first-order valence-corrected chi connectivity index (χ1v) is 5.95. The molecule has 0 atom stereocenters. The number of ether oxygens (including phenoxy) is 1. The molecule has 0 saturated heterocycles. The van der Waals surface area contributed by atoms with Crippen molar-refractivity contribution in [3.8, 4) is 5.75 Å². The lowest BCUT2D eigenvalue weighted by molar-refractivity contribution is 0.0596. The molecule has 0 bridgehead atoms. The predicted molar refractivity (Wildman–Crippen MR) is 68.1 cm³/mol. The van der Waals surface area contributed by atoms with Crippen LogP contribution < -0.4 is 0 Å². The summed E-state index contributed by atoms with van der Waals surface area (Å²) in [6.45, 7) is 5.51. The van der Waals surface area contributed by atoms with Crippen LogP contribution in [-0.4, -0.2) is 24.1 Å². The molecule has 0 heterocycles. The van der Waals surface area contributed by atoms with Gasteiger partial charge in [-0.15, -0.1) is 11.6 Å². The Hall–Kier alpha value is -1.22. The molecule has 0 aliphatic heterocycles. The SMILES string of the molecule is COC(=O)c1c(C)c(CCCl)c(C)c(C)c1O. The van der Waals surface area contributed by atoms with E-state index in [2.05, 4.69) is 0 Å². The largest absolute Gasteiger partial charge is 0.507 e. The average molecular weight is 257 g/mol. The number of carbonyl (C=O) groups excluding carboxylic acids is 1. The second-order valence-electron chi connectivity index (χ2n) is 4.01. The quantitative estimate of drug-likeness (QED) is 0.668. The summed E-state index contributed by atoms with van der Waals surface area (Å²) in [5, 5.41) is 10.0. The molecule has 1 aromatic rings. The van der Waals surface area contributed by atoms with E-state index in [0.29, 0.717) is 17.9 Å². The Morgan fingerprint density at radius 2 is 1.82 bits per heavy atom. The van der Waals surface area contributed by atoms with Gasteiger partial charge in [-0.2, -0.15) is 0 Å². The van der Waals surface area contributed by atoms with E-state index in [1.165, 1.54) is 7.11 Å². The summed E-state index contributed by atoms with van der Waals surface area (Å²) in [7, 11) is 1.30. The zero-order valence-electron chi connectivity index (χ0n) is 10.6. The highest BCUT2D eigenvalue weighted by atomic mass is 35.5. The maximum atomic E-state index is 11.7. The van der Waals surface area contributed by atoms with Crippen molar-refractivity contribution >= 4 is 17.6 Å². The van der Waals surface area contributed by atoms with Gasteiger partial charge in [-0.1, -0.05) is 0 Å². The number of carbonyl (C=O) groups is 1. The molecule has 0 aliphatic carbocycles. The van der Waals surface area contributed by atoms with Crippen LogP contribution in [0.15, 0.2) is 0 Å². The van der Waals surface area contributed by atoms with Gasteiger partial charge in [-0.05, 0) is 49.4 Å². The number of phenols is 1. The predicted octanol–water partition coefficient (Wildman–Crippen LogP) is 2.89. The smallest absolute Gasteiger partial charge is 0.341 e. The number of aromatic hydroxyl groups is 1. The van der Waals surface area contributed by atoms with Crippen LogP contribution in [0.1, 0.15) is 32.6 Å². The Morgan fingerprint density at radius 1 is 1.24 bits per heavy atom. The lowest BCUT2D eigenvalue weighted by Gasteiger charge is -2.17. The highest BCUT2D eigenvalue weighted by Gasteiger charge is 2.21. The third-order valence-corrected chi connectivity index (χ3v) is 3.36. The third-order valence-electron chi connectivity index (χ3n) is 3.17. The van der Waals surface area contributed by atoms with Crippen LogP contribution in [0.3, 0.4) is 0 Å². The summed E-state index contributed by atoms with van der Waals surface area (Å²) in [5.74, 6) is -0.0314. The van der Waals surface area contributed by atoms with Crippen LogP contribution >= 0.6 is 11.6 Å². The summed E-state index contributed by atoms with van der Waals surface area (Å²) in [5.41, 5.74) is 3.69. The van der Waals surface area contributed by atoms with Crippen LogP contribution in [0, 0.1) is 20.8 Å². The van der Waals surface area contributed by atoms with E-state index in [-0.39, 0.29) is 11.3 Å². The minimum absolute atomic E-state index is 0.00479. The lowest BCUT2D eigenvalue weighted by atomic mass is 9.91. The van der Waals surface area contributed by atoms with E-state index >= 15 is 0 Å². The van der Waals surface area contributed by atoms with Gasteiger partial charge in [-0.3, -0.25) is 0 Å². The first kappa shape index (κ1) is 13.8. The van der Waals surface area contributed by atoms with Gasteiger partial charge in [0.1, 0.15) is 11.3 Å². The summed E-state index contributed by atoms with van der Waals surface area (Å²) in [6, 6.07) is 0. The first-order chi connectivity index (χ1) is 7.95. The highest BCUT2D eigenvalue weighted by molar-refractivity contribution is 6.18. The van der Waals surface area contributed by atoms with E-state index < -0.39 is 5.97 Å². The fourth-order valence-electron chi connectivity index (χ4n) is 2.02. The molecule has 0 amide bonds. The number of hydrogen-bond acceptors (Lipinski definition) is 3. The number of esters is 1. The van der Waals surface area contributed by atoms with Crippen LogP contribution in [0.5, 0.6) is 5.75 Å². The summed E-state index contributed by atoms with van der Waals surface area (Å²) in [4.78, 5) is 11.7. The van der Waals surface area contributed by atoms with Crippen molar-refractivity contribution in [1.29, 1.82) is 0 Å². The van der Waals surface area contributed by atoms with E-state index in [0.717, 1.165) is 16.7 Å². The van der Waals surface area contributed by atoms with Crippen molar-refractivity contribution in [2.45, 2.75) is 27.2 Å². The first-order valence-electron chi connectivity index (χ1n) is 5.41. The molecule has 0 aromatic heterocycles. The Bertz CT molecular complexity index is 453. The molecule has 0 radical (unpaired) electrons. The topological polar surface area (TPSA) is 46.5 Å². The van der Waals surface area contributed by atoms with Crippen molar-refractivity contribution in [2.75, 3.05) is 13.0 Å². The zero-order chi connectivity index (χ0) is 13.2. The monoisotopic (exact) mass is 256 g/mol. The van der Waals surface area contributed by atoms with Crippen molar-refractivity contribution < 1.29 is 14.6 Å². The van der Waals surface area contributed by atoms with Crippen LogP contribution in [0.2, 0.25) is 0 Å². The maximum absolute atomic E-state index is 11.7. The zero-order valence-corrected chi connectivity index (χ0v) is 11.3.